The minimum atomic E-state index is -0.555. The number of carbonyl (C=O) groups excluding carboxylic acids is 1. The number of hydrogen-bond donors (Lipinski definition) is 0. The van der Waals surface area contributed by atoms with Crippen LogP contribution in [0.4, 0.5) is 4.79 Å². The maximum Gasteiger partial charge on any atom is 0.347 e. The highest BCUT2D eigenvalue weighted by atomic mass is 32.1. The molecule has 5 heteroatoms. The van der Waals surface area contributed by atoms with Gasteiger partial charge in [0.05, 0.1) is 18.2 Å². The van der Waals surface area contributed by atoms with Crippen LogP contribution in [0.15, 0.2) is 40.7 Å². The molecule has 0 radical (unpaired) electrons. The van der Waals surface area contributed by atoms with Crippen molar-refractivity contribution in [3.63, 3.8) is 0 Å². The maximum absolute atomic E-state index is 12.8. The zero-order chi connectivity index (χ0) is 16.3. The van der Waals surface area contributed by atoms with E-state index in [1.165, 1.54) is 10.4 Å². The van der Waals surface area contributed by atoms with Crippen molar-refractivity contribution in [1.82, 2.24) is 4.90 Å². The van der Waals surface area contributed by atoms with Gasteiger partial charge in [-0.25, -0.2) is 4.79 Å². The van der Waals surface area contributed by atoms with E-state index in [4.69, 9.17) is 4.74 Å². The number of rotatable bonds is 2. The molecule has 0 spiro atoms. The molecule has 3 aliphatic rings. The van der Waals surface area contributed by atoms with Crippen LogP contribution < -0.4 is 4.74 Å². The normalized spacial score (nSPS) is 27.4. The van der Waals surface area contributed by atoms with Crippen molar-refractivity contribution < 1.29 is 9.53 Å². The quantitative estimate of drug-likeness (QED) is 0.816. The third-order valence-corrected chi connectivity index (χ3v) is 6.26. The number of ether oxygens (including phenoxy) is 1. The number of urea groups is 1. The lowest BCUT2D eigenvalue weighted by Gasteiger charge is -2.50. The Bertz CT molecular complexity index is 858. The van der Waals surface area contributed by atoms with Gasteiger partial charge < -0.3 is 4.74 Å². The summed E-state index contributed by atoms with van der Waals surface area (Å²) in [5.41, 5.74) is 2.55. The standard InChI is InChI=1S/C19H18N2O2S/c1-12-6-7-16-14(10-12)17-15-5-2-8-19(15,23-16)21(18(22)20-17)11-13-4-3-9-24-13/h3-4,6-7,9-10,15H,2,5,8,11H2,1H3. The Kier molecular flexibility index (Phi) is 2.92. The van der Waals surface area contributed by atoms with Gasteiger partial charge in [0.2, 0.25) is 0 Å². The number of benzene rings is 1. The Hall–Kier alpha value is -2.14. The van der Waals surface area contributed by atoms with Crippen molar-refractivity contribution in [1.29, 1.82) is 0 Å². The second kappa shape index (κ2) is 4.93. The van der Waals surface area contributed by atoms with Crippen LogP contribution in [-0.4, -0.2) is 22.4 Å². The van der Waals surface area contributed by atoms with E-state index in [1.807, 2.05) is 22.4 Å². The predicted octanol–water partition coefficient (Wildman–Crippen LogP) is 4.37. The predicted molar refractivity (Wildman–Crippen MR) is 93.7 cm³/mol. The lowest BCUT2D eigenvalue weighted by atomic mass is 9.83. The van der Waals surface area contributed by atoms with E-state index in [-0.39, 0.29) is 11.9 Å². The number of carbonyl (C=O) groups is 1. The second-order valence-electron chi connectivity index (χ2n) is 6.84. The van der Waals surface area contributed by atoms with Crippen molar-refractivity contribution in [2.24, 2.45) is 10.9 Å². The van der Waals surface area contributed by atoms with E-state index in [2.05, 4.69) is 30.1 Å². The number of hydrogen-bond acceptors (Lipinski definition) is 3. The zero-order valence-corrected chi connectivity index (χ0v) is 14.3. The average Bonchev–Trinajstić information content (AvgIpc) is 3.21. The molecule has 1 aliphatic carbocycles. The fourth-order valence-electron chi connectivity index (χ4n) is 4.34. The van der Waals surface area contributed by atoms with E-state index in [0.717, 1.165) is 36.3 Å². The molecule has 0 saturated heterocycles. The van der Waals surface area contributed by atoms with E-state index in [1.54, 1.807) is 11.3 Å². The molecule has 4 nitrogen and oxygen atoms in total. The van der Waals surface area contributed by atoms with Gasteiger partial charge in [-0.1, -0.05) is 17.7 Å². The van der Waals surface area contributed by atoms with Crippen LogP contribution in [0.1, 0.15) is 35.3 Å². The summed E-state index contributed by atoms with van der Waals surface area (Å²) in [6, 6.07) is 10.1. The first kappa shape index (κ1) is 14.2. The third-order valence-electron chi connectivity index (χ3n) is 5.40. The molecule has 2 amide bonds. The SMILES string of the molecule is Cc1ccc2c(c1)C1=NC(=O)N(Cc3cccs3)C3(CCCC13)O2. The number of aryl methyl sites for hydroxylation is 1. The van der Waals surface area contributed by atoms with E-state index >= 15 is 0 Å². The Morgan fingerprint density at radius 3 is 3.17 bits per heavy atom. The highest BCUT2D eigenvalue weighted by Gasteiger charge is 2.59. The first-order chi connectivity index (χ1) is 11.7. The van der Waals surface area contributed by atoms with Crippen molar-refractivity contribution in [2.75, 3.05) is 0 Å². The molecule has 2 aromatic rings. The highest BCUT2D eigenvalue weighted by Crippen LogP contribution is 2.51. The molecule has 1 saturated carbocycles. The average molecular weight is 338 g/mol. The van der Waals surface area contributed by atoms with Gasteiger partial charge in [0.25, 0.3) is 0 Å². The first-order valence-electron chi connectivity index (χ1n) is 8.40. The van der Waals surface area contributed by atoms with Crippen molar-refractivity contribution in [2.45, 2.75) is 38.5 Å². The maximum atomic E-state index is 12.8. The van der Waals surface area contributed by atoms with Crippen LogP contribution in [0.2, 0.25) is 0 Å². The molecule has 1 aromatic heterocycles. The lowest BCUT2D eigenvalue weighted by molar-refractivity contribution is -0.0809. The molecule has 0 N–H and O–H groups in total. The Labute approximate surface area is 144 Å². The number of fused-ring (bicyclic) bond motifs is 2. The van der Waals surface area contributed by atoms with Crippen LogP contribution in [-0.2, 0) is 6.54 Å². The van der Waals surface area contributed by atoms with Crippen LogP contribution in [0.5, 0.6) is 5.75 Å². The molecule has 1 aromatic carbocycles. The monoisotopic (exact) mass is 338 g/mol. The van der Waals surface area contributed by atoms with E-state index in [0.29, 0.717) is 6.54 Å². The molecule has 2 bridgehead atoms. The molecule has 5 rings (SSSR count). The van der Waals surface area contributed by atoms with Crippen molar-refractivity contribution in [3.05, 3.63) is 51.7 Å². The van der Waals surface area contributed by atoms with Gasteiger partial charge in [-0.15, -0.1) is 11.3 Å². The minimum Gasteiger partial charge on any atom is -0.466 e. The fourth-order valence-corrected chi connectivity index (χ4v) is 5.04. The van der Waals surface area contributed by atoms with E-state index < -0.39 is 5.72 Å². The van der Waals surface area contributed by atoms with Gasteiger partial charge in [-0.2, -0.15) is 4.99 Å². The lowest BCUT2D eigenvalue weighted by Crippen LogP contribution is -2.63. The smallest absolute Gasteiger partial charge is 0.347 e. The summed E-state index contributed by atoms with van der Waals surface area (Å²) in [6.07, 6.45) is 2.96. The van der Waals surface area contributed by atoms with Crippen molar-refractivity contribution >= 4 is 23.1 Å². The van der Waals surface area contributed by atoms with Gasteiger partial charge >= 0.3 is 6.03 Å². The number of amides is 2. The topological polar surface area (TPSA) is 41.9 Å². The second-order valence-corrected chi connectivity index (χ2v) is 7.87. The van der Waals surface area contributed by atoms with Crippen LogP contribution in [0.25, 0.3) is 0 Å². The summed E-state index contributed by atoms with van der Waals surface area (Å²) < 4.78 is 6.53. The number of aliphatic imine (C=N–C) groups is 1. The van der Waals surface area contributed by atoms with Crippen LogP contribution in [0, 0.1) is 12.8 Å². The largest absolute Gasteiger partial charge is 0.466 e. The molecule has 24 heavy (non-hydrogen) atoms. The molecule has 3 heterocycles. The molecular weight excluding hydrogens is 320 g/mol. The van der Waals surface area contributed by atoms with E-state index in [9.17, 15) is 4.79 Å². The first-order valence-corrected chi connectivity index (χ1v) is 9.28. The number of nitrogens with zero attached hydrogens (tertiary/aromatic N) is 2. The summed E-state index contributed by atoms with van der Waals surface area (Å²) in [4.78, 5) is 20.4. The molecule has 2 aliphatic heterocycles. The molecule has 2 atom stereocenters. The fraction of sp³-hybridized carbons (Fsp3) is 0.368. The van der Waals surface area contributed by atoms with Gasteiger partial charge in [0.1, 0.15) is 5.75 Å². The van der Waals surface area contributed by atoms with Gasteiger partial charge in [0, 0.05) is 16.9 Å². The van der Waals surface area contributed by atoms with Gasteiger partial charge in [0.15, 0.2) is 5.72 Å². The molecule has 122 valence electrons. The van der Waals surface area contributed by atoms with Gasteiger partial charge in [-0.3, -0.25) is 4.90 Å². The Balaban J connectivity index is 1.66. The molecule has 1 fully saturated rings. The summed E-state index contributed by atoms with van der Waals surface area (Å²) in [6.45, 7) is 2.63. The minimum absolute atomic E-state index is 0.163. The van der Waals surface area contributed by atoms with Crippen molar-refractivity contribution in [3.8, 4) is 5.75 Å². The Morgan fingerprint density at radius 2 is 2.33 bits per heavy atom. The van der Waals surface area contributed by atoms with Gasteiger partial charge in [-0.05, 0) is 43.3 Å². The summed E-state index contributed by atoms with van der Waals surface area (Å²) in [7, 11) is 0. The summed E-state index contributed by atoms with van der Waals surface area (Å²) >= 11 is 1.67. The van der Waals surface area contributed by atoms with Crippen LogP contribution >= 0.6 is 11.3 Å². The van der Waals surface area contributed by atoms with Crippen LogP contribution in [0.3, 0.4) is 0 Å². The number of thiophene rings is 1. The summed E-state index contributed by atoms with van der Waals surface area (Å²) in [5.74, 6) is 1.05. The Morgan fingerprint density at radius 1 is 1.42 bits per heavy atom. The molecular formula is C19H18N2O2S. The third kappa shape index (κ3) is 1.85. The highest BCUT2D eigenvalue weighted by molar-refractivity contribution is 7.09. The summed E-state index contributed by atoms with van der Waals surface area (Å²) in [5, 5.41) is 2.04. The molecule has 2 unspecified atom stereocenters. The zero-order valence-electron chi connectivity index (χ0n) is 13.5.